The van der Waals surface area contributed by atoms with Crippen LogP contribution >= 0.6 is 0 Å². The van der Waals surface area contributed by atoms with Crippen LogP contribution in [0.15, 0.2) is 12.4 Å². The topological polar surface area (TPSA) is 49.2 Å². The molecule has 1 N–H and O–H groups in total. The van der Waals surface area contributed by atoms with Crippen molar-refractivity contribution in [2.45, 2.75) is 0 Å². The van der Waals surface area contributed by atoms with Crippen LogP contribution in [0.5, 0.6) is 0 Å². The van der Waals surface area contributed by atoms with Crippen LogP contribution in [0.2, 0.25) is 0 Å². The third-order valence-electron chi connectivity index (χ3n) is 1.41. The van der Waals surface area contributed by atoms with Crippen LogP contribution < -0.4 is 4.90 Å². The van der Waals surface area contributed by atoms with Gasteiger partial charge in [0, 0.05) is 20.2 Å². The molecular weight excluding hydrogens is 166 g/mol. The molecule has 4 nitrogen and oxygen atoms in total. The highest BCUT2D eigenvalue weighted by Gasteiger charge is 1.96. The number of nitrogens with zero attached hydrogens (tertiary/aromatic N) is 3. The van der Waals surface area contributed by atoms with Crippen molar-refractivity contribution >= 4 is 5.82 Å². The summed E-state index contributed by atoms with van der Waals surface area (Å²) in [6.07, 6.45) is 1.46. The van der Waals surface area contributed by atoms with Gasteiger partial charge in [0.25, 0.3) is 0 Å². The van der Waals surface area contributed by atoms with E-state index in [0.717, 1.165) is 5.82 Å². The second kappa shape index (κ2) is 4.43. The van der Waals surface area contributed by atoms with Gasteiger partial charge in [0.15, 0.2) is 0 Å². The van der Waals surface area contributed by atoms with Gasteiger partial charge >= 0.3 is 0 Å². The molecular formula is C9H11N3O. The molecule has 0 aromatic carbocycles. The number of aliphatic hydroxyl groups is 1. The summed E-state index contributed by atoms with van der Waals surface area (Å²) in [5.74, 6) is 6.04. The van der Waals surface area contributed by atoms with E-state index >= 15 is 0 Å². The molecule has 4 heteroatoms. The highest BCUT2D eigenvalue weighted by molar-refractivity contribution is 5.41. The number of hydrogen-bond donors (Lipinski definition) is 1. The smallest absolute Gasteiger partial charge is 0.132 e. The summed E-state index contributed by atoms with van der Waals surface area (Å²) < 4.78 is 0. The van der Waals surface area contributed by atoms with Gasteiger partial charge in [0.1, 0.15) is 24.4 Å². The van der Waals surface area contributed by atoms with Crippen molar-refractivity contribution < 1.29 is 5.11 Å². The number of anilines is 1. The molecule has 0 bridgehead atoms. The zero-order chi connectivity index (χ0) is 9.68. The molecule has 1 heterocycles. The van der Waals surface area contributed by atoms with Crippen LogP contribution in [0.25, 0.3) is 0 Å². The molecule has 0 radical (unpaired) electrons. The lowest BCUT2D eigenvalue weighted by Crippen LogP contribution is -2.10. The summed E-state index contributed by atoms with van der Waals surface area (Å²) in [5, 5.41) is 8.48. The van der Waals surface area contributed by atoms with Crippen LogP contribution in [-0.2, 0) is 0 Å². The first-order chi connectivity index (χ1) is 6.24. The molecule has 68 valence electrons. The van der Waals surface area contributed by atoms with E-state index in [1.54, 1.807) is 6.07 Å². The SMILES string of the molecule is CN(C)c1cc(C#CCO)ncn1. The Bertz CT molecular complexity index is 338. The first-order valence-corrected chi connectivity index (χ1v) is 3.83. The fourth-order valence-electron chi connectivity index (χ4n) is 0.790. The normalized spacial score (nSPS) is 8.85. The molecule has 0 spiro atoms. The van der Waals surface area contributed by atoms with Gasteiger partial charge in [-0.1, -0.05) is 5.92 Å². The molecule has 0 amide bonds. The number of aliphatic hydroxyl groups excluding tert-OH is 1. The molecule has 0 aliphatic rings. The van der Waals surface area contributed by atoms with E-state index in [4.69, 9.17) is 5.11 Å². The predicted molar refractivity (Wildman–Crippen MR) is 50.3 cm³/mol. The Hall–Kier alpha value is -1.60. The summed E-state index contributed by atoms with van der Waals surface area (Å²) >= 11 is 0. The van der Waals surface area contributed by atoms with Crippen molar-refractivity contribution in [2.24, 2.45) is 0 Å². The highest BCUT2D eigenvalue weighted by Crippen LogP contribution is 2.05. The fraction of sp³-hybridized carbons (Fsp3) is 0.333. The Morgan fingerprint density at radius 1 is 1.46 bits per heavy atom. The minimum Gasteiger partial charge on any atom is -0.384 e. The second-order valence-corrected chi connectivity index (χ2v) is 2.62. The van der Waals surface area contributed by atoms with Crippen molar-refractivity contribution in [2.75, 3.05) is 25.6 Å². The zero-order valence-electron chi connectivity index (χ0n) is 7.65. The maximum absolute atomic E-state index is 8.48. The van der Waals surface area contributed by atoms with Crippen molar-refractivity contribution in [3.63, 3.8) is 0 Å². The van der Waals surface area contributed by atoms with Crippen LogP contribution in [0, 0.1) is 11.8 Å². The van der Waals surface area contributed by atoms with Gasteiger partial charge in [-0.3, -0.25) is 0 Å². The third kappa shape index (κ3) is 2.73. The maximum Gasteiger partial charge on any atom is 0.132 e. The van der Waals surface area contributed by atoms with Gasteiger partial charge < -0.3 is 10.0 Å². The zero-order valence-corrected chi connectivity index (χ0v) is 7.65. The third-order valence-corrected chi connectivity index (χ3v) is 1.41. The van der Waals surface area contributed by atoms with E-state index in [1.807, 2.05) is 19.0 Å². The molecule has 1 aromatic rings. The first-order valence-electron chi connectivity index (χ1n) is 3.83. The summed E-state index contributed by atoms with van der Waals surface area (Å²) in [7, 11) is 3.79. The van der Waals surface area contributed by atoms with Gasteiger partial charge in [-0.05, 0) is 5.92 Å². The van der Waals surface area contributed by atoms with Gasteiger partial charge in [0.2, 0.25) is 0 Å². The fourth-order valence-corrected chi connectivity index (χ4v) is 0.790. The van der Waals surface area contributed by atoms with E-state index < -0.39 is 0 Å². The summed E-state index contributed by atoms with van der Waals surface area (Å²) in [6, 6.07) is 1.77. The largest absolute Gasteiger partial charge is 0.384 e. The van der Waals surface area contributed by atoms with Crippen LogP contribution in [0.3, 0.4) is 0 Å². The van der Waals surface area contributed by atoms with E-state index in [0.29, 0.717) is 5.69 Å². The van der Waals surface area contributed by atoms with Gasteiger partial charge in [-0.25, -0.2) is 9.97 Å². The molecule has 1 rings (SSSR count). The summed E-state index contributed by atoms with van der Waals surface area (Å²) in [6.45, 7) is -0.151. The van der Waals surface area contributed by atoms with E-state index in [2.05, 4.69) is 21.8 Å². The monoisotopic (exact) mass is 177 g/mol. The molecule has 0 aliphatic carbocycles. The molecule has 0 aliphatic heterocycles. The van der Waals surface area contributed by atoms with Gasteiger partial charge in [-0.15, -0.1) is 0 Å². The average Bonchev–Trinajstić information content (AvgIpc) is 2.15. The number of hydrogen-bond acceptors (Lipinski definition) is 4. The Balaban J connectivity index is 2.92. The van der Waals surface area contributed by atoms with Crippen LogP contribution in [-0.4, -0.2) is 35.8 Å². The van der Waals surface area contributed by atoms with Crippen molar-refractivity contribution in [3.8, 4) is 11.8 Å². The Morgan fingerprint density at radius 2 is 2.23 bits per heavy atom. The lowest BCUT2D eigenvalue weighted by atomic mass is 10.4. The summed E-state index contributed by atoms with van der Waals surface area (Å²) in [4.78, 5) is 9.84. The maximum atomic E-state index is 8.48. The van der Waals surface area contributed by atoms with E-state index in [9.17, 15) is 0 Å². The van der Waals surface area contributed by atoms with E-state index in [1.165, 1.54) is 6.33 Å². The number of rotatable bonds is 1. The van der Waals surface area contributed by atoms with E-state index in [-0.39, 0.29) is 6.61 Å². The predicted octanol–water partition coefficient (Wildman–Crippen LogP) is -0.114. The number of aromatic nitrogens is 2. The minimum atomic E-state index is -0.151. The Morgan fingerprint density at radius 3 is 2.85 bits per heavy atom. The molecule has 0 saturated heterocycles. The molecule has 13 heavy (non-hydrogen) atoms. The standard InChI is InChI=1S/C9H11N3O/c1-12(2)9-6-8(4-3-5-13)10-7-11-9/h6-7,13H,5H2,1-2H3. The average molecular weight is 177 g/mol. The quantitative estimate of drug-likeness (QED) is 0.608. The second-order valence-electron chi connectivity index (χ2n) is 2.62. The van der Waals surface area contributed by atoms with Gasteiger partial charge in [-0.2, -0.15) is 0 Å². The van der Waals surface area contributed by atoms with Crippen molar-refractivity contribution in [1.82, 2.24) is 9.97 Å². The van der Waals surface area contributed by atoms with Crippen LogP contribution in [0.1, 0.15) is 5.69 Å². The van der Waals surface area contributed by atoms with Crippen LogP contribution in [0.4, 0.5) is 5.82 Å². The summed E-state index contributed by atoms with van der Waals surface area (Å²) in [5.41, 5.74) is 0.618. The lowest BCUT2D eigenvalue weighted by Gasteiger charge is -2.09. The van der Waals surface area contributed by atoms with Crippen molar-refractivity contribution in [1.29, 1.82) is 0 Å². The Labute approximate surface area is 77.2 Å². The Kier molecular flexibility index (Phi) is 3.23. The molecule has 1 aromatic heterocycles. The van der Waals surface area contributed by atoms with Gasteiger partial charge in [0.05, 0.1) is 0 Å². The first kappa shape index (κ1) is 9.49. The molecule has 0 atom stereocenters. The molecule has 0 saturated carbocycles. The van der Waals surface area contributed by atoms with Crippen molar-refractivity contribution in [3.05, 3.63) is 18.1 Å². The minimum absolute atomic E-state index is 0.151. The highest BCUT2D eigenvalue weighted by atomic mass is 16.2. The molecule has 0 unspecified atom stereocenters. The lowest BCUT2D eigenvalue weighted by molar-refractivity contribution is 0.350. The molecule has 0 fully saturated rings.